The summed E-state index contributed by atoms with van der Waals surface area (Å²) < 4.78 is 15.0. The highest BCUT2D eigenvalue weighted by molar-refractivity contribution is 6.30. The average Bonchev–Trinajstić information content (AvgIpc) is 2.31. The van der Waals surface area contributed by atoms with Crippen LogP contribution in [0.5, 0.6) is 0 Å². The van der Waals surface area contributed by atoms with Gasteiger partial charge in [-0.25, -0.2) is 4.39 Å². The summed E-state index contributed by atoms with van der Waals surface area (Å²) in [5, 5.41) is 0.0363. The molecular weight excluding hydrogens is 279 g/mol. The Morgan fingerprint density at radius 2 is 1.95 bits per heavy atom. The van der Waals surface area contributed by atoms with Gasteiger partial charge >= 0.3 is 0 Å². The van der Waals surface area contributed by atoms with E-state index in [2.05, 4.69) is 0 Å². The minimum Gasteiger partial charge on any atom is -0.322 e. The fourth-order valence-corrected chi connectivity index (χ4v) is 2.20. The second-order valence-corrected chi connectivity index (χ2v) is 5.79. The first-order chi connectivity index (χ1) is 9.20. The van der Waals surface area contributed by atoms with Crippen molar-refractivity contribution >= 4 is 11.6 Å². The zero-order valence-electron chi connectivity index (χ0n) is 11.6. The van der Waals surface area contributed by atoms with Crippen LogP contribution in [0.2, 0.25) is 5.02 Å². The van der Waals surface area contributed by atoms with E-state index < -0.39 is 11.4 Å². The molecule has 3 nitrogen and oxygen atoms in total. The van der Waals surface area contributed by atoms with E-state index in [-0.39, 0.29) is 10.5 Å². The van der Waals surface area contributed by atoms with E-state index in [1.165, 1.54) is 18.2 Å². The Balaban J connectivity index is 2.68. The van der Waals surface area contributed by atoms with Gasteiger partial charge in [0.1, 0.15) is 5.82 Å². The van der Waals surface area contributed by atoms with E-state index in [0.29, 0.717) is 11.3 Å². The average molecular weight is 295 g/mol. The molecule has 0 fully saturated rings. The lowest BCUT2D eigenvalue weighted by Crippen LogP contribution is -2.35. The molecule has 2 rings (SSSR count). The Hall–Kier alpha value is -1.65. The summed E-state index contributed by atoms with van der Waals surface area (Å²) in [5.74, 6) is -0.478. The molecule has 0 atom stereocenters. The number of aryl methyl sites for hydroxylation is 1. The van der Waals surface area contributed by atoms with Crippen LogP contribution in [0.3, 0.4) is 0 Å². The highest BCUT2D eigenvalue weighted by atomic mass is 35.5. The van der Waals surface area contributed by atoms with Crippen molar-refractivity contribution in [2.45, 2.75) is 26.3 Å². The van der Waals surface area contributed by atoms with Crippen molar-refractivity contribution in [3.63, 3.8) is 0 Å². The van der Waals surface area contributed by atoms with Crippen molar-refractivity contribution in [1.29, 1.82) is 0 Å². The second-order valence-electron chi connectivity index (χ2n) is 5.38. The number of rotatable bonds is 2. The SMILES string of the molecule is Cc1cc(=O)c(C(C)(C)N)cn1-c1ccc(F)c(Cl)c1. The van der Waals surface area contributed by atoms with E-state index in [1.807, 2.05) is 0 Å². The fourth-order valence-electron chi connectivity index (χ4n) is 2.03. The molecule has 0 saturated carbocycles. The van der Waals surface area contributed by atoms with Crippen LogP contribution in [0.25, 0.3) is 5.69 Å². The highest BCUT2D eigenvalue weighted by Gasteiger charge is 2.19. The van der Waals surface area contributed by atoms with E-state index in [1.54, 1.807) is 37.6 Å². The van der Waals surface area contributed by atoms with Gasteiger partial charge in [-0.1, -0.05) is 11.6 Å². The van der Waals surface area contributed by atoms with Crippen LogP contribution in [0.1, 0.15) is 25.1 Å². The summed E-state index contributed by atoms with van der Waals surface area (Å²) in [6.07, 6.45) is 1.68. The highest BCUT2D eigenvalue weighted by Crippen LogP contribution is 2.21. The van der Waals surface area contributed by atoms with Gasteiger partial charge in [0, 0.05) is 34.7 Å². The van der Waals surface area contributed by atoms with E-state index in [9.17, 15) is 9.18 Å². The quantitative estimate of drug-likeness (QED) is 0.925. The van der Waals surface area contributed by atoms with Gasteiger partial charge in [-0.2, -0.15) is 0 Å². The maximum Gasteiger partial charge on any atom is 0.186 e. The Labute approximate surface area is 121 Å². The minimum absolute atomic E-state index is 0.0363. The van der Waals surface area contributed by atoms with Crippen LogP contribution in [0.15, 0.2) is 35.3 Å². The summed E-state index contributed by atoms with van der Waals surface area (Å²) in [4.78, 5) is 12.0. The first-order valence-electron chi connectivity index (χ1n) is 6.18. The van der Waals surface area contributed by atoms with Gasteiger partial charge in [0.15, 0.2) is 5.43 Å². The van der Waals surface area contributed by atoms with Crippen LogP contribution < -0.4 is 11.2 Å². The number of nitrogens with two attached hydrogens (primary N) is 1. The van der Waals surface area contributed by atoms with Gasteiger partial charge in [0.25, 0.3) is 0 Å². The minimum atomic E-state index is -0.754. The molecule has 2 N–H and O–H groups in total. The fraction of sp³-hybridized carbons (Fsp3) is 0.267. The summed E-state index contributed by atoms with van der Waals surface area (Å²) in [6.45, 7) is 5.33. The normalized spacial score (nSPS) is 11.7. The molecule has 0 radical (unpaired) electrons. The second kappa shape index (κ2) is 5.04. The molecule has 0 saturated heterocycles. The third-order valence-corrected chi connectivity index (χ3v) is 3.41. The lowest BCUT2D eigenvalue weighted by atomic mass is 9.96. The molecule has 0 unspecified atom stereocenters. The Morgan fingerprint density at radius 1 is 1.30 bits per heavy atom. The number of aromatic nitrogens is 1. The molecule has 0 aliphatic rings. The summed E-state index contributed by atoms with van der Waals surface area (Å²) in [7, 11) is 0. The van der Waals surface area contributed by atoms with Crippen molar-refractivity contribution in [1.82, 2.24) is 4.57 Å². The van der Waals surface area contributed by atoms with Crippen molar-refractivity contribution in [2.24, 2.45) is 5.73 Å². The van der Waals surface area contributed by atoms with Gasteiger partial charge in [-0.05, 0) is 39.0 Å². The summed E-state index contributed by atoms with van der Waals surface area (Å²) >= 11 is 5.80. The van der Waals surface area contributed by atoms with E-state index in [0.717, 1.165) is 5.69 Å². The number of benzene rings is 1. The van der Waals surface area contributed by atoms with Crippen LogP contribution >= 0.6 is 11.6 Å². The Kier molecular flexibility index (Phi) is 3.71. The number of hydrogen-bond donors (Lipinski definition) is 1. The van der Waals surface area contributed by atoms with Gasteiger partial charge in [0.05, 0.1) is 5.02 Å². The molecule has 1 aromatic heterocycles. The predicted octanol–water partition coefficient (Wildman–Crippen LogP) is 3.13. The number of nitrogens with zero attached hydrogens (tertiary/aromatic N) is 1. The van der Waals surface area contributed by atoms with Gasteiger partial charge < -0.3 is 10.3 Å². The van der Waals surface area contributed by atoms with Crippen LogP contribution in [-0.4, -0.2) is 4.57 Å². The maximum atomic E-state index is 13.2. The standard InChI is InChI=1S/C15H16ClFN2O/c1-9-6-14(20)11(15(2,3)18)8-19(9)10-4-5-13(17)12(16)7-10/h4-8H,18H2,1-3H3. The molecule has 0 bridgehead atoms. The third-order valence-electron chi connectivity index (χ3n) is 3.12. The Morgan fingerprint density at radius 3 is 2.50 bits per heavy atom. The largest absolute Gasteiger partial charge is 0.322 e. The van der Waals surface area contributed by atoms with Crippen molar-refractivity contribution in [3.8, 4) is 5.69 Å². The first-order valence-corrected chi connectivity index (χ1v) is 6.56. The lowest BCUT2D eigenvalue weighted by Gasteiger charge is -2.21. The van der Waals surface area contributed by atoms with Gasteiger partial charge in [0.2, 0.25) is 0 Å². The topological polar surface area (TPSA) is 48.0 Å². The van der Waals surface area contributed by atoms with E-state index in [4.69, 9.17) is 17.3 Å². The van der Waals surface area contributed by atoms with Crippen LogP contribution in [0.4, 0.5) is 4.39 Å². The van der Waals surface area contributed by atoms with Crippen LogP contribution in [-0.2, 0) is 5.54 Å². The molecular formula is C15H16ClFN2O. The van der Waals surface area contributed by atoms with Crippen molar-refractivity contribution in [2.75, 3.05) is 0 Å². The lowest BCUT2D eigenvalue weighted by molar-refractivity contribution is 0.544. The van der Waals surface area contributed by atoms with Gasteiger partial charge in [-0.3, -0.25) is 4.79 Å². The zero-order valence-corrected chi connectivity index (χ0v) is 12.3. The van der Waals surface area contributed by atoms with Crippen molar-refractivity contribution in [3.05, 3.63) is 62.8 Å². The molecule has 1 heterocycles. The van der Waals surface area contributed by atoms with Crippen LogP contribution in [0, 0.1) is 12.7 Å². The molecule has 5 heteroatoms. The molecule has 0 aliphatic heterocycles. The smallest absolute Gasteiger partial charge is 0.186 e. The maximum absolute atomic E-state index is 13.2. The number of hydrogen-bond acceptors (Lipinski definition) is 2. The summed E-state index contributed by atoms with van der Waals surface area (Å²) in [5.41, 5.74) is 7.04. The molecule has 20 heavy (non-hydrogen) atoms. The Bertz CT molecular complexity index is 717. The summed E-state index contributed by atoms with van der Waals surface area (Å²) in [6, 6.07) is 5.93. The molecule has 106 valence electrons. The number of pyridine rings is 1. The molecule has 0 aliphatic carbocycles. The molecule has 1 aromatic carbocycles. The molecule has 0 amide bonds. The zero-order chi connectivity index (χ0) is 15.1. The van der Waals surface area contributed by atoms with Gasteiger partial charge in [-0.15, -0.1) is 0 Å². The van der Waals surface area contributed by atoms with Crippen molar-refractivity contribution < 1.29 is 4.39 Å². The monoisotopic (exact) mass is 294 g/mol. The third kappa shape index (κ3) is 2.76. The number of halogens is 2. The first kappa shape index (κ1) is 14.8. The van der Waals surface area contributed by atoms with E-state index >= 15 is 0 Å². The molecule has 2 aromatic rings. The molecule has 0 spiro atoms. The predicted molar refractivity (Wildman–Crippen MR) is 79.0 cm³/mol.